The monoisotopic (exact) mass is 732 g/mol. The third-order valence-corrected chi connectivity index (χ3v) is 10.5. The molecule has 11 rings (SSSR count). The fraction of sp³-hybridized carbons (Fsp3) is 0. The van der Waals surface area contributed by atoms with E-state index in [9.17, 15) is 0 Å². The molecule has 0 amide bonds. The standard InChI is InChI=1S/C51H32N4O2/c1-4-14-33(15-5-1)34-26-29-38(30-27-34)55(41-21-12-24-44-47(41)39-20-10-11-23-43(39)56-44)42-22-13-25-45-48(42)40-31-28-37(32-46(40)57-45)51-53-49(35-16-6-2-7-17-35)52-50(54-51)36-18-8-3-9-19-36/h1-32H. The fourth-order valence-corrected chi connectivity index (χ4v) is 7.85. The van der Waals surface area contributed by atoms with Crippen LogP contribution >= 0.6 is 0 Å². The normalized spacial score (nSPS) is 11.5. The lowest BCUT2D eigenvalue weighted by atomic mass is 10.0. The first-order chi connectivity index (χ1) is 28.2. The number of nitrogens with zero attached hydrogens (tertiary/aromatic N) is 4. The Hall–Kier alpha value is -7.83. The van der Waals surface area contributed by atoms with E-state index in [1.807, 2.05) is 97.1 Å². The van der Waals surface area contributed by atoms with Crippen LogP contribution in [-0.4, -0.2) is 15.0 Å². The Kier molecular flexibility index (Phi) is 7.71. The van der Waals surface area contributed by atoms with Crippen molar-refractivity contribution in [3.05, 3.63) is 194 Å². The van der Waals surface area contributed by atoms with Crippen LogP contribution in [0.1, 0.15) is 0 Å². The Labute approximate surface area is 328 Å². The molecule has 0 radical (unpaired) electrons. The summed E-state index contributed by atoms with van der Waals surface area (Å²) >= 11 is 0. The van der Waals surface area contributed by atoms with E-state index < -0.39 is 0 Å². The largest absolute Gasteiger partial charge is 0.456 e. The molecule has 0 spiro atoms. The smallest absolute Gasteiger partial charge is 0.164 e. The van der Waals surface area contributed by atoms with Crippen molar-refractivity contribution in [1.82, 2.24) is 15.0 Å². The van der Waals surface area contributed by atoms with Gasteiger partial charge >= 0.3 is 0 Å². The summed E-state index contributed by atoms with van der Waals surface area (Å²) in [6.07, 6.45) is 0. The van der Waals surface area contributed by atoms with Crippen LogP contribution in [0.25, 0.3) is 89.2 Å². The average Bonchev–Trinajstić information content (AvgIpc) is 3.86. The van der Waals surface area contributed by atoms with Crippen molar-refractivity contribution >= 4 is 60.9 Å². The minimum Gasteiger partial charge on any atom is -0.456 e. The van der Waals surface area contributed by atoms with Gasteiger partial charge in [0.15, 0.2) is 17.5 Å². The number of rotatable bonds is 7. The van der Waals surface area contributed by atoms with Gasteiger partial charge in [0, 0.05) is 33.2 Å². The third-order valence-electron chi connectivity index (χ3n) is 10.5. The molecular formula is C51H32N4O2. The van der Waals surface area contributed by atoms with Crippen molar-refractivity contribution in [2.24, 2.45) is 0 Å². The molecule has 268 valence electrons. The van der Waals surface area contributed by atoms with Crippen LogP contribution in [0.4, 0.5) is 17.1 Å². The van der Waals surface area contributed by atoms with Crippen LogP contribution in [0.2, 0.25) is 0 Å². The van der Waals surface area contributed by atoms with E-state index in [4.69, 9.17) is 23.8 Å². The van der Waals surface area contributed by atoms with Gasteiger partial charge in [0.05, 0.1) is 22.1 Å². The highest BCUT2D eigenvalue weighted by molar-refractivity contribution is 6.18. The number of hydrogen-bond donors (Lipinski definition) is 0. The molecule has 3 heterocycles. The first-order valence-electron chi connectivity index (χ1n) is 18.9. The van der Waals surface area contributed by atoms with Gasteiger partial charge in [-0.3, -0.25) is 0 Å². The Bertz CT molecular complexity index is 3170. The molecule has 0 unspecified atom stereocenters. The number of para-hydroxylation sites is 1. The summed E-state index contributed by atoms with van der Waals surface area (Å²) in [6.45, 7) is 0. The van der Waals surface area contributed by atoms with E-state index >= 15 is 0 Å². The topological polar surface area (TPSA) is 68.2 Å². The maximum Gasteiger partial charge on any atom is 0.164 e. The van der Waals surface area contributed by atoms with Crippen LogP contribution in [-0.2, 0) is 0 Å². The van der Waals surface area contributed by atoms with Gasteiger partial charge in [-0.25, -0.2) is 15.0 Å². The van der Waals surface area contributed by atoms with Gasteiger partial charge in [-0.05, 0) is 65.7 Å². The average molecular weight is 733 g/mol. The predicted molar refractivity (Wildman–Crippen MR) is 231 cm³/mol. The second-order valence-corrected chi connectivity index (χ2v) is 14.0. The number of fused-ring (bicyclic) bond motifs is 6. The molecule has 0 fully saturated rings. The van der Waals surface area contributed by atoms with E-state index in [1.54, 1.807) is 0 Å². The van der Waals surface area contributed by atoms with E-state index in [2.05, 4.69) is 102 Å². The second-order valence-electron chi connectivity index (χ2n) is 14.0. The maximum atomic E-state index is 6.71. The molecule has 6 nitrogen and oxygen atoms in total. The highest BCUT2D eigenvalue weighted by atomic mass is 16.3. The number of anilines is 3. The summed E-state index contributed by atoms with van der Waals surface area (Å²) < 4.78 is 13.1. The second kappa shape index (κ2) is 13.5. The van der Waals surface area contributed by atoms with Gasteiger partial charge in [0.1, 0.15) is 22.3 Å². The maximum absolute atomic E-state index is 6.71. The summed E-state index contributed by atoms with van der Waals surface area (Å²) in [5.74, 6) is 1.80. The van der Waals surface area contributed by atoms with E-state index in [1.165, 1.54) is 5.56 Å². The summed E-state index contributed by atoms with van der Waals surface area (Å²) in [5.41, 5.74) is 11.2. The Balaban J connectivity index is 1.10. The minimum absolute atomic E-state index is 0.573. The first-order valence-corrected chi connectivity index (χ1v) is 18.9. The van der Waals surface area contributed by atoms with Crippen LogP contribution in [0, 0.1) is 0 Å². The van der Waals surface area contributed by atoms with E-state index in [-0.39, 0.29) is 0 Å². The number of aromatic nitrogens is 3. The molecular weight excluding hydrogens is 701 g/mol. The Morgan fingerprint density at radius 2 is 0.754 bits per heavy atom. The lowest BCUT2D eigenvalue weighted by Gasteiger charge is -2.27. The molecule has 0 aliphatic heterocycles. The zero-order chi connectivity index (χ0) is 37.7. The predicted octanol–water partition coefficient (Wildman–Crippen LogP) is 13.8. The zero-order valence-electron chi connectivity index (χ0n) is 30.6. The van der Waals surface area contributed by atoms with Crippen molar-refractivity contribution in [2.45, 2.75) is 0 Å². The molecule has 0 saturated carbocycles. The van der Waals surface area contributed by atoms with Crippen LogP contribution in [0.15, 0.2) is 203 Å². The summed E-state index contributed by atoms with van der Waals surface area (Å²) in [7, 11) is 0. The third kappa shape index (κ3) is 5.70. The molecule has 6 heteroatoms. The highest BCUT2D eigenvalue weighted by Crippen LogP contribution is 2.47. The van der Waals surface area contributed by atoms with Gasteiger partial charge in [0.25, 0.3) is 0 Å². The van der Waals surface area contributed by atoms with Crippen LogP contribution in [0.5, 0.6) is 0 Å². The molecule has 3 aromatic heterocycles. The molecule has 8 aromatic carbocycles. The van der Waals surface area contributed by atoms with Crippen molar-refractivity contribution in [3.63, 3.8) is 0 Å². The van der Waals surface area contributed by atoms with E-state index in [0.717, 1.165) is 83.2 Å². The van der Waals surface area contributed by atoms with Crippen LogP contribution < -0.4 is 4.90 Å². The molecule has 0 aliphatic carbocycles. The minimum atomic E-state index is 0.573. The van der Waals surface area contributed by atoms with Crippen molar-refractivity contribution < 1.29 is 8.83 Å². The SMILES string of the molecule is c1ccc(-c2ccc(N(c3cccc4oc5ccccc5c34)c3cccc4oc5cc(-c6nc(-c7ccccc7)nc(-c7ccccc7)n6)ccc5c34)cc2)cc1. The summed E-state index contributed by atoms with van der Waals surface area (Å²) in [6, 6.07) is 66.3. The van der Waals surface area contributed by atoms with Gasteiger partial charge in [-0.2, -0.15) is 0 Å². The van der Waals surface area contributed by atoms with E-state index in [0.29, 0.717) is 17.5 Å². The van der Waals surface area contributed by atoms with Crippen molar-refractivity contribution in [1.29, 1.82) is 0 Å². The molecule has 57 heavy (non-hydrogen) atoms. The lowest BCUT2D eigenvalue weighted by Crippen LogP contribution is -2.10. The quantitative estimate of drug-likeness (QED) is 0.162. The summed E-state index contributed by atoms with van der Waals surface area (Å²) in [4.78, 5) is 17.2. The Morgan fingerprint density at radius 3 is 1.35 bits per heavy atom. The number of benzene rings is 8. The molecule has 0 N–H and O–H groups in total. The molecule has 0 saturated heterocycles. The molecule has 0 bridgehead atoms. The summed E-state index contributed by atoms with van der Waals surface area (Å²) in [5, 5.41) is 4.09. The Morgan fingerprint density at radius 1 is 0.316 bits per heavy atom. The van der Waals surface area contributed by atoms with Gasteiger partial charge in [-0.1, -0.05) is 140 Å². The van der Waals surface area contributed by atoms with Gasteiger partial charge in [0.2, 0.25) is 0 Å². The van der Waals surface area contributed by atoms with Crippen molar-refractivity contribution in [2.75, 3.05) is 4.90 Å². The molecule has 0 atom stereocenters. The first kappa shape index (κ1) is 32.6. The van der Waals surface area contributed by atoms with Gasteiger partial charge < -0.3 is 13.7 Å². The lowest BCUT2D eigenvalue weighted by molar-refractivity contribution is 0.669. The molecule has 11 aromatic rings. The highest BCUT2D eigenvalue weighted by Gasteiger charge is 2.24. The van der Waals surface area contributed by atoms with Crippen molar-refractivity contribution in [3.8, 4) is 45.3 Å². The zero-order valence-corrected chi connectivity index (χ0v) is 30.6. The van der Waals surface area contributed by atoms with Crippen LogP contribution in [0.3, 0.4) is 0 Å². The molecule has 0 aliphatic rings. The number of furan rings is 2. The number of hydrogen-bond acceptors (Lipinski definition) is 6. The van der Waals surface area contributed by atoms with Gasteiger partial charge in [-0.15, -0.1) is 0 Å². The fourth-order valence-electron chi connectivity index (χ4n) is 7.85.